The molecule has 0 saturated heterocycles. The minimum atomic E-state index is 0.200. The van der Waals surface area contributed by atoms with Crippen molar-refractivity contribution >= 4 is 17.3 Å². The highest BCUT2D eigenvalue weighted by molar-refractivity contribution is 7.80. The fraction of sp³-hybridized carbons (Fsp3) is 0.235. The highest BCUT2D eigenvalue weighted by Crippen LogP contribution is 2.21. The molecule has 0 aromatic heterocycles. The van der Waals surface area contributed by atoms with Gasteiger partial charge in [-0.1, -0.05) is 54.6 Å². The predicted octanol–water partition coefficient (Wildman–Crippen LogP) is 3.90. The molecule has 0 amide bonds. The first-order chi connectivity index (χ1) is 9.70. The van der Waals surface area contributed by atoms with Crippen LogP contribution in [0.1, 0.15) is 25.5 Å². The normalized spacial score (nSPS) is 11.7. The van der Waals surface area contributed by atoms with Crippen LogP contribution >= 0.6 is 12.2 Å². The first-order valence-corrected chi connectivity index (χ1v) is 7.31. The Bertz CT molecular complexity index is 549. The van der Waals surface area contributed by atoms with E-state index >= 15 is 0 Å². The molecule has 0 radical (unpaired) electrons. The van der Waals surface area contributed by atoms with E-state index in [1.807, 2.05) is 13.0 Å². The lowest BCUT2D eigenvalue weighted by atomic mass is 10.0. The highest BCUT2D eigenvalue weighted by Gasteiger charge is 2.06. The van der Waals surface area contributed by atoms with Gasteiger partial charge >= 0.3 is 0 Å². The van der Waals surface area contributed by atoms with Gasteiger partial charge in [0, 0.05) is 6.54 Å². The van der Waals surface area contributed by atoms with Gasteiger partial charge in [0.1, 0.15) is 0 Å². The molecule has 2 aromatic carbocycles. The molecule has 0 aliphatic rings. The van der Waals surface area contributed by atoms with Crippen LogP contribution in [0, 0.1) is 0 Å². The summed E-state index contributed by atoms with van der Waals surface area (Å²) in [7, 11) is 0. The third-order valence-corrected chi connectivity index (χ3v) is 3.46. The van der Waals surface area contributed by atoms with Crippen molar-refractivity contribution in [2.75, 3.05) is 6.54 Å². The lowest BCUT2D eigenvalue weighted by Gasteiger charge is -2.17. The summed E-state index contributed by atoms with van der Waals surface area (Å²) >= 11 is 5.21. The summed E-state index contributed by atoms with van der Waals surface area (Å²) in [5.74, 6) is 0. The van der Waals surface area contributed by atoms with E-state index in [0.29, 0.717) is 5.11 Å². The molecule has 2 N–H and O–H groups in total. The van der Waals surface area contributed by atoms with E-state index in [4.69, 9.17) is 12.2 Å². The third kappa shape index (κ3) is 3.81. The first kappa shape index (κ1) is 14.5. The van der Waals surface area contributed by atoms with E-state index in [1.165, 1.54) is 16.7 Å². The molecule has 2 rings (SSSR count). The van der Waals surface area contributed by atoms with Gasteiger partial charge in [-0.05, 0) is 42.8 Å². The minimum absolute atomic E-state index is 0.200. The number of benzene rings is 2. The Kier molecular flexibility index (Phi) is 5.13. The molecular formula is C17H20N2S. The average molecular weight is 284 g/mol. The van der Waals surface area contributed by atoms with Crippen LogP contribution in [0.2, 0.25) is 0 Å². The van der Waals surface area contributed by atoms with Crippen molar-refractivity contribution < 1.29 is 0 Å². The van der Waals surface area contributed by atoms with E-state index in [1.54, 1.807) is 0 Å². The van der Waals surface area contributed by atoms with Gasteiger partial charge < -0.3 is 10.6 Å². The van der Waals surface area contributed by atoms with Crippen LogP contribution in [0.4, 0.5) is 0 Å². The molecule has 20 heavy (non-hydrogen) atoms. The Morgan fingerprint density at radius 1 is 1.00 bits per heavy atom. The van der Waals surface area contributed by atoms with Crippen molar-refractivity contribution in [1.29, 1.82) is 0 Å². The van der Waals surface area contributed by atoms with Gasteiger partial charge in [0.05, 0.1) is 6.04 Å². The Balaban J connectivity index is 2.06. The highest BCUT2D eigenvalue weighted by atomic mass is 32.1. The molecule has 0 heterocycles. The van der Waals surface area contributed by atoms with Crippen LogP contribution in [0.25, 0.3) is 11.1 Å². The zero-order chi connectivity index (χ0) is 14.4. The molecule has 2 nitrogen and oxygen atoms in total. The van der Waals surface area contributed by atoms with Crippen LogP contribution < -0.4 is 10.6 Å². The Morgan fingerprint density at radius 3 is 2.20 bits per heavy atom. The zero-order valence-electron chi connectivity index (χ0n) is 11.9. The maximum Gasteiger partial charge on any atom is 0.166 e. The van der Waals surface area contributed by atoms with Gasteiger partial charge in [-0.25, -0.2) is 0 Å². The maximum atomic E-state index is 5.21. The lowest BCUT2D eigenvalue weighted by molar-refractivity contribution is 0.702. The molecular weight excluding hydrogens is 264 g/mol. The molecule has 0 unspecified atom stereocenters. The predicted molar refractivity (Wildman–Crippen MR) is 89.7 cm³/mol. The fourth-order valence-corrected chi connectivity index (χ4v) is 2.41. The summed E-state index contributed by atoms with van der Waals surface area (Å²) in [6.07, 6.45) is 0. The smallest absolute Gasteiger partial charge is 0.166 e. The molecule has 3 heteroatoms. The van der Waals surface area contributed by atoms with E-state index in [-0.39, 0.29) is 6.04 Å². The van der Waals surface area contributed by atoms with Gasteiger partial charge in [-0.2, -0.15) is 0 Å². The van der Waals surface area contributed by atoms with Crippen LogP contribution in [0.3, 0.4) is 0 Å². The molecule has 0 bridgehead atoms. The Labute approximate surface area is 126 Å². The topological polar surface area (TPSA) is 24.1 Å². The standard InChI is InChI=1S/C17H20N2S/c1-3-18-17(20)19-13(2)14-9-11-16(12-10-14)15-7-5-4-6-8-15/h4-13H,3H2,1-2H3,(H2,18,19,20)/t13-/m1/s1. The minimum Gasteiger partial charge on any atom is -0.363 e. The second-order valence-electron chi connectivity index (χ2n) is 4.71. The number of hydrogen-bond acceptors (Lipinski definition) is 1. The number of hydrogen-bond donors (Lipinski definition) is 2. The quantitative estimate of drug-likeness (QED) is 0.833. The van der Waals surface area contributed by atoms with Crippen LogP contribution in [-0.4, -0.2) is 11.7 Å². The molecule has 0 saturated carbocycles. The fourth-order valence-electron chi connectivity index (χ4n) is 2.09. The van der Waals surface area contributed by atoms with Gasteiger partial charge in [0.2, 0.25) is 0 Å². The Hall–Kier alpha value is -1.87. The molecule has 0 fully saturated rings. The van der Waals surface area contributed by atoms with Crippen molar-refractivity contribution in [3.05, 3.63) is 60.2 Å². The Morgan fingerprint density at radius 2 is 1.60 bits per heavy atom. The van der Waals surface area contributed by atoms with E-state index in [9.17, 15) is 0 Å². The van der Waals surface area contributed by atoms with Crippen molar-refractivity contribution in [3.63, 3.8) is 0 Å². The van der Waals surface area contributed by atoms with Crippen LogP contribution in [-0.2, 0) is 0 Å². The number of thiocarbonyl (C=S) groups is 1. The van der Waals surface area contributed by atoms with Gasteiger partial charge in [0.15, 0.2) is 5.11 Å². The van der Waals surface area contributed by atoms with Crippen molar-refractivity contribution in [2.45, 2.75) is 19.9 Å². The summed E-state index contributed by atoms with van der Waals surface area (Å²) in [6, 6.07) is 19.2. The second kappa shape index (κ2) is 7.06. The zero-order valence-corrected chi connectivity index (χ0v) is 12.7. The maximum absolute atomic E-state index is 5.21. The van der Waals surface area contributed by atoms with Crippen molar-refractivity contribution in [1.82, 2.24) is 10.6 Å². The van der Waals surface area contributed by atoms with E-state index in [2.05, 4.69) is 66.1 Å². The monoisotopic (exact) mass is 284 g/mol. The number of nitrogens with one attached hydrogen (secondary N) is 2. The van der Waals surface area contributed by atoms with E-state index < -0.39 is 0 Å². The molecule has 0 aliphatic heterocycles. The molecule has 0 spiro atoms. The number of rotatable bonds is 4. The second-order valence-corrected chi connectivity index (χ2v) is 5.12. The summed E-state index contributed by atoms with van der Waals surface area (Å²) in [5.41, 5.74) is 3.70. The first-order valence-electron chi connectivity index (χ1n) is 6.90. The van der Waals surface area contributed by atoms with Crippen LogP contribution in [0.15, 0.2) is 54.6 Å². The summed E-state index contributed by atoms with van der Waals surface area (Å²) in [4.78, 5) is 0. The molecule has 1 atom stereocenters. The lowest BCUT2D eigenvalue weighted by Crippen LogP contribution is -2.36. The summed E-state index contributed by atoms with van der Waals surface area (Å²) in [6.45, 7) is 4.99. The summed E-state index contributed by atoms with van der Waals surface area (Å²) in [5, 5.41) is 7.08. The van der Waals surface area contributed by atoms with E-state index in [0.717, 1.165) is 6.54 Å². The van der Waals surface area contributed by atoms with Crippen molar-refractivity contribution in [2.24, 2.45) is 0 Å². The van der Waals surface area contributed by atoms with Gasteiger partial charge in [-0.15, -0.1) is 0 Å². The SMILES string of the molecule is CCNC(=S)N[C@H](C)c1ccc(-c2ccccc2)cc1. The summed E-state index contributed by atoms with van der Waals surface area (Å²) < 4.78 is 0. The molecule has 0 aliphatic carbocycles. The van der Waals surface area contributed by atoms with Crippen LogP contribution in [0.5, 0.6) is 0 Å². The average Bonchev–Trinajstić information content (AvgIpc) is 2.48. The molecule has 2 aromatic rings. The van der Waals surface area contributed by atoms with Crippen molar-refractivity contribution in [3.8, 4) is 11.1 Å². The third-order valence-electron chi connectivity index (χ3n) is 3.20. The van der Waals surface area contributed by atoms with Gasteiger partial charge in [0.25, 0.3) is 0 Å². The largest absolute Gasteiger partial charge is 0.363 e. The van der Waals surface area contributed by atoms with Gasteiger partial charge in [-0.3, -0.25) is 0 Å². The molecule has 104 valence electrons.